The summed E-state index contributed by atoms with van der Waals surface area (Å²) in [6.45, 7) is 3.62. The van der Waals surface area contributed by atoms with Gasteiger partial charge in [0.25, 0.3) is 0 Å². The lowest BCUT2D eigenvalue weighted by Crippen LogP contribution is -2.24. The van der Waals surface area contributed by atoms with E-state index in [0.29, 0.717) is 24.8 Å². The lowest BCUT2D eigenvalue weighted by Gasteiger charge is -2.36. The van der Waals surface area contributed by atoms with Gasteiger partial charge in [-0.05, 0) is 80.7 Å². The van der Waals surface area contributed by atoms with Crippen molar-refractivity contribution in [1.29, 1.82) is 0 Å². The molecule has 0 saturated heterocycles. The van der Waals surface area contributed by atoms with Crippen LogP contribution >= 0.6 is 11.6 Å². The normalized spacial score (nSPS) is 17.9. The molecule has 2 bridgehead atoms. The number of unbranched alkanes of at least 4 members (excludes halogenated alkanes) is 5. The largest absolute Gasteiger partial charge is 0.384 e. The zero-order valence-electron chi connectivity index (χ0n) is 22.8. The Morgan fingerprint density at radius 2 is 1.90 bits per heavy atom. The molecule has 0 saturated carbocycles. The first-order chi connectivity index (χ1) is 19.0. The summed E-state index contributed by atoms with van der Waals surface area (Å²) in [5, 5.41) is 8.64. The van der Waals surface area contributed by atoms with Crippen LogP contribution in [0.2, 0.25) is 5.02 Å². The van der Waals surface area contributed by atoms with Crippen molar-refractivity contribution in [3.63, 3.8) is 0 Å². The number of nitrogens with zero attached hydrogens (tertiary/aromatic N) is 1. The molecule has 39 heavy (non-hydrogen) atoms. The number of anilines is 1. The summed E-state index contributed by atoms with van der Waals surface area (Å²) in [5.74, 6) is 1.20. The van der Waals surface area contributed by atoms with E-state index >= 15 is 0 Å². The fourth-order valence-electron chi connectivity index (χ4n) is 6.29. The number of pyridine rings is 2. The first-order valence-corrected chi connectivity index (χ1v) is 14.8. The third-order valence-electron chi connectivity index (χ3n) is 8.07. The molecule has 0 radical (unpaired) electrons. The molecule has 206 valence electrons. The molecule has 3 aromatic rings. The molecule has 2 aromatic heterocycles. The van der Waals surface area contributed by atoms with Crippen LogP contribution in [0.3, 0.4) is 0 Å². The highest BCUT2D eigenvalue weighted by atomic mass is 35.5. The number of hydrogen-bond donors (Lipinski definition) is 3. The summed E-state index contributed by atoms with van der Waals surface area (Å²) in [7, 11) is 0. The van der Waals surface area contributed by atoms with E-state index in [1.54, 1.807) is 6.20 Å². The SMILES string of the molecule is CC1=CC2Cc3nc4cc(Cl)ccc4c(NCCCCCCCCC(=O)NCc4cc[nH]c(=O)c4)c3C(C1)C2. The van der Waals surface area contributed by atoms with E-state index < -0.39 is 0 Å². The summed E-state index contributed by atoms with van der Waals surface area (Å²) in [6.07, 6.45) is 14.5. The molecule has 5 rings (SSSR count). The smallest absolute Gasteiger partial charge is 0.248 e. The Bertz CT molecular complexity index is 1410. The third kappa shape index (κ3) is 7.10. The zero-order valence-corrected chi connectivity index (χ0v) is 23.6. The Hall–Kier alpha value is -3.12. The number of allylic oxidation sites excluding steroid dienone is 2. The minimum absolute atomic E-state index is 0.0450. The first-order valence-electron chi connectivity index (χ1n) is 14.4. The van der Waals surface area contributed by atoms with E-state index in [-0.39, 0.29) is 11.5 Å². The van der Waals surface area contributed by atoms with Gasteiger partial charge >= 0.3 is 0 Å². The Morgan fingerprint density at radius 3 is 2.74 bits per heavy atom. The Morgan fingerprint density at radius 1 is 1.08 bits per heavy atom. The molecule has 3 N–H and O–H groups in total. The van der Waals surface area contributed by atoms with Gasteiger partial charge in [0.2, 0.25) is 11.5 Å². The van der Waals surface area contributed by atoms with Crippen molar-refractivity contribution in [2.75, 3.05) is 11.9 Å². The number of aromatic nitrogens is 2. The maximum Gasteiger partial charge on any atom is 0.248 e. The number of benzene rings is 1. The second-order valence-electron chi connectivity index (χ2n) is 11.3. The van der Waals surface area contributed by atoms with Crippen molar-refractivity contribution in [3.8, 4) is 0 Å². The van der Waals surface area contributed by atoms with Gasteiger partial charge in [-0.15, -0.1) is 0 Å². The van der Waals surface area contributed by atoms with Crippen LogP contribution in [-0.2, 0) is 17.8 Å². The number of rotatable bonds is 12. The van der Waals surface area contributed by atoms with E-state index in [0.717, 1.165) is 61.2 Å². The summed E-state index contributed by atoms with van der Waals surface area (Å²) in [4.78, 5) is 31.1. The summed E-state index contributed by atoms with van der Waals surface area (Å²) < 4.78 is 0. The molecule has 2 aliphatic rings. The van der Waals surface area contributed by atoms with Gasteiger partial charge in [0.1, 0.15) is 0 Å². The van der Waals surface area contributed by atoms with Crippen LogP contribution in [0.1, 0.15) is 87.4 Å². The van der Waals surface area contributed by atoms with Gasteiger partial charge < -0.3 is 15.6 Å². The van der Waals surface area contributed by atoms with Crippen molar-refractivity contribution >= 4 is 34.1 Å². The van der Waals surface area contributed by atoms with Crippen LogP contribution < -0.4 is 16.2 Å². The van der Waals surface area contributed by atoms with Crippen LogP contribution in [-0.4, -0.2) is 22.4 Å². The Labute approximate surface area is 235 Å². The summed E-state index contributed by atoms with van der Waals surface area (Å²) >= 11 is 6.33. The average molecular weight is 547 g/mol. The number of H-pyrrole nitrogens is 1. The molecule has 0 fully saturated rings. The second-order valence-corrected chi connectivity index (χ2v) is 11.7. The minimum atomic E-state index is -0.148. The van der Waals surface area contributed by atoms with E-state index in [4.69, 9.17) is 16.6 Å². The highest BCUT2D eigenvalue weighted by Gasteiger charge is 2.33. The maximum atomic E-state index is 12.1. The third-order valence-corrected chi connectivity index (χ3v) is 8.30. The highest BCUT2D eigenvalue weighted by Crippen LogP contribution is 2.47. The molecule has 7 heteroatoms. The van der Waals surface area contributed by atoms with Crippen LogP contribution in [0.15, 0.2) is 53.0 Å². The molecule has 2 heterocycles. The molecular formula is C32H39ClN4O2. The number of carbonyl (C=O) groups excluding carboxylic acids is 1. The molecule has 2 unspecified atom stereocenters. The van der Waals surface area contributed by atoms with E-state index in [9.17, 15) is 9.59 Å². The molecule has 0 aliphatic heterocycles. The summed E-state index contributed by atoms with van der Waals surface area (Å²) in [6, 6.07) is 9.42. The topological polar surface area (TPSA) is 86.9 Å². The van der Waals surface area contributed by atoms with Crippen molar-refractivity contribution in [3.05, 3.63) is 80.4 Å². The van der Waals surface area contributed by atoms with Crippen molar-refractivity contribution in [2.24, 2.45) is 5.92 Å². The lowest BCUT2D eigenvalue weighted by atomic mass is 9.71. The predicted molar refractivity (Wildman–Crippen MR) is 159 cm³/mol. The Balaban J connectivity index is 1.06. The van der Waals surface area contributed by atoms with Crippen molar-refractivity contribution in [1.82, 2.24) is 15.3 Å². The second kappa shape index (κ2) is 12.8. The van der Waals surface area contributed by atoms with E-state index in [1.807, 2.05) is 18.2 Å². The number of carbonyl (C=O) groups is 1. The summed E-state index contributed by atoms with van der Waals surface area (Å²) in [5.41, 5.74) is 7.13. The van der Waals surface area contributed by atoms with Crippen molar-refractivity contribution in [2.45, 2.75) is 83.6 Å². The first kappa shape index (κ1) is 27.4. The molecule has 2 aliphatic carbocycles. The lowest BCUT2D eigenvalue weighted by molar-refractivity contribution is -0.121. The Kier molecular flexibility index (Phi) is 9.02. The predicted octanol–water partition coefficient (Wildman–Crippen LogP) is 7.03. The van der Waals surface area contributed by atoms with Gasteiger partial charge in [-0.25, -0.2) is 0 Å². The standard InChI is InChI=1S/C32H39ClN4O2/c1-21-14-23-16-24(15-21)31-28(17-23)37-27-19-25(33)9-10-26(27)32(31)35-12-7-5-3-2-4-6-8-29(38)36-20-22-11-13-34-30(39)18-22/h9-11,13-14,18-19,23-24H,2-8,12,15-17,20H2,1H3,(H,34,39)(H,35,37)(H,36,38). The highest BCUT2D eigenvalue weighted by molar-refractivity contribution is 6.31. The quantitative estimate of drug-likeness (QED) is 0.168. The van der Waals surface area contributed by atoms with Crippen LogP contribution in [0.4, 0.5) is 5.69 Å². The fourth-order valence-corrected chi connectivity index (χ4v) is 6.46. The van der Waals surface area contributed by atoms with Gasteiger partial charge in [-0.3, -0.25) is 14.6 Å². The molecule has 1 aromatic carbocycles. The molecular weight excluding hydrogens is 508 g/mol. The minimum Gasteiger partial charge on any atom is -0.384 e. The number of fused-ring (bicyclic) bond motifs is 5. The molecule has 1 amide bonds. The zero-order chi connectivity index (χ0) is 27.2. The fraction of sp³-hybridized carbons (Fsp3) is 0.469. The molecule has 2 atom stereocenters. The average Bonchev–Trinajstić information content (AvgIpc) is 2.90. The maximum absolute atomic E-state index is 12.1. The molecule has 0 spiro atoms. The van der Waals surface area contributed by atoms with E-state index in [1.165, 1.54) is 53.2 Å². The monoisotopic (exact) mass is 546 g/mol. The number of nitrogens with one attached hydrogen (secondary N) is 3. The van der Waals surface area contributed by atoms with Gasteiger partial charge in [0.15, 0.2) is 0 Å². The number of amides is 1. The van der Waals surface area contributed by atoms with Crippen LogP contribution in [0, 0.1) is 5.92 Å². The van der Waals surface area contributed by atoms with Gasteiger partial charge in [-0.2, -0.15) is 0 Å². The van der Waals surface area contributed by atoms with Crippen molar-refractivity contribution < 1.29 is 4.79 Å². The number of halogens is 1. The van der Waals surface area contributed by atoms with Crippen LogP contribution in [0.5, 0.6) is 0 Å². The number of hydrogen-bond acceptors (Lipinski definition) is 4. The van der Waals surface area contributed by atoms with E-state index in [2.05, 4.69) is 34.7 Å². The van der Waals surface area contributed by atoms with Gasteiger partial charge in [0.05, 0.1) is 5.52 Å². The van der Waals surface area contributed by atoms with Gasteiger partial charge in [0, 0.05) is 59.1 Å². The molecule has 6 nitrogen and oxygen atoms in total. The van der Waals surface area contributed by atoms with Crippen LogP contribution in [0.25, 0.3) is 10.9 Å². The number of aromatic amines is 1. The van der Waals surface area contributed by atoms with Gasteiger partial charge in [-0.1, -0.05) is 48.9 Å².